The highest BCUT2D eigenvalue weighted by atomic mass is 19.3. The zero-order valence-electron chi connectivity index (χ0n) is 16.6. The van der Waals surface area contributed by atoms with E-state index in [4.69, 9.17) is 14.8 Å². The van der Waals surface area contributed by atoms with Gasteiger partial charge in [0, 0.05) is 19.5 Å². The molecule has 3 aliphatic rings. The lowest BCUT2D eigenvalue weighted by Crippen LogP contribution is -2.40. The van der Waals surface area contributed by atoms with Crippen molar-refractivity contribution in [1.29, 1.82) is 0 Å². The molecule has 2 aliphatic heterocycles. The molecule has 4 rings (SSSR count). The average molecular weight is 459 g/mol. The van der Waals surface area contributed by atoms with Crippen LogP contribution in [0.1, 0.15) is 6.42 Å². The Morgan fingerprint density at radius 2 is 2.03 bits per heavy atom. The quantitative estimate of drug-likeness (QED) is 0.450. The summed E-state index contributed by atoms with van der Waals surface area (Å²) < 4.78 is 45.0. The number of rotatable bonds is 4. The van der Waals surface area contributed by atoms with Crippen molar-refractivity contribution >= 4 is 29.4 Å². The van der Waals surface area contributed by atoms with Crippen LogP contribution < -0.4 is 20.6 Å². The van der Waals surface area contributed by atoms with Crippen molar-refractivity contribution in [3.63, 3.8) is 0 Å². The SMILES string of the molecule is O=C(NC1CC12CN(c1ccc(N3CCON(C(=O)NO)CC3)c(F)c1)C(=O)O2)C(F)F. The van der Waals surface area contributed by atoms with E-state index in [0.717, 1.165) is 11.1 Å². The summed E-state index contributed by atoms with van der Waals surface area (Å²) in [5.74, 6) is -2.07. The van der Waals surface area contributed by atoms with Crippen molar-refractivity contribution in [3.05, 3.63) is 24.0 Å². The van der Waals surface area contributed by atoms with Gasteiger partial charge in [0.05, 0.1) is 37.1 Å². The molecule has 0 bridgehead atoms. The van der Waals surface area contributed by atoms with Gasteiger partial charge < -0.3 is 15.0 Å². The first-order valence-electron chi connectivity index (χ1n) is 9.72. The van der Waals surface area contributed by atoms with E-state index in [1.807, 2.05) is 0 Å². The van der Waals surface area contributed by atoms with Gasteiger partial charge in [-0.15, -0.1) is 0 Å². The van der Waals surface area contributed by atoms with E-state index in [1.54, 1.807) is 4.90 Å². The largest absolute Gasteiger partial charge is 0.438 e. The lowest BCUT2D eigenvalue weighted by molar-refractivity contribution is -0.132. The minimum Gasteiger partial charge on any atom is -0.438 e. The number of anilines is 2. The molecule has 2 saturated heterocycles. The molecule has 2 unspecified atom stereocenters. The topological polar surface area (TPSA) is 124 Å². The lowest BCUT2D eigenvalue weighted by atomic mass is 10.2. The number of carbonyl (C=O) groups excluding carboxylic acids is 3. The first-order chi connectivity index (χ1) is 15.2. The molecule has 4 amide bonds. The molecule has 2 atom stereocenters. The Morgan fingerprint density at radius 3 is 2.72 bits per heavy atom. The molecule has 0 aromatic heterocycles. The fourth-order valence-electron chi connectivity index (χ4n) is 3.81. The number of benzene rings is 1. The summed E-state index contributed by atoms with van der Waals surface area (Å²) in [6, 6.07) is 2.56. The number of hydroxylamine groups is 3. The lowest BCUT2D eigenvalue weighted by Gasteiger charge is -2.23. The second kappa shape index (κ2) is 8.35. The number of ether oxygens (including phenoxy) is 1. The van der Waals surface area contributed by atoms with Crippen LogP contribution >= 0.6 is 0 Å². The second-order valence-electron chi connectivity index (χ2n) is 7.56. The minimum absolute atomic E-state index is 0.0123. The molecule has 1 aromatic rings. The third-order valence-electron chi connectivity index (χ3n) is 5.56. The highest BCUT2D eigenvalue weighted by Gasteiger charge is 2.64. The van der Waals surface area contributed by atoms with E-state index >= 15 is 0 Å². The van der Waals surface area contributed by atoms with Crippen LogP contribution in [0.15, 0.2) is 18.2 Å². The van der Waals surface area contributed by atoms with Crippen LogP contribution in [-0.2, 0) is 14.4 Å². The number of nitrogens with one attached hydrogen (secondary N) is 2. The molecule has 3 fully saturated rings. The summed E-state index contributed by atoms with van der Waals surface area (Å²) in [6.45, 7) is 0.624. The van der Waals surface area contributed by atoms with Crippen molar-refractivity contribution in [2.24, 2.45) is 0 Å². The predicted molar refractivity (Wildman–Crippen MR) is 101 cm³/mol. The normalized spacial score (nSPS) is 25.1. The maximum atomic E-state index is 14.9. The summed E-state index contributed by atoms with van der Waals surface area (Å²) in [5, 5.41) is 11.7. The Morgan fingerprint density at radius 1 is 1.25 bits per heavy atom. The van der Waals surface area contributed by atoms with Gasteiger partial charge >= 0.3 is 18.5 Å². The van der Waals surface area contributed by atoms with Crippen molar-refractivity contribution in [1.82, 2.24) is 15.9 Å². The standard InChI is InChI=1S/C18H20F3N5O6/c19-11-7-10(1-2-12(11)24-3-4-26(16(28)23-30)31-6-5-24)25-9-18(32-17(25)29)8-13(18)22-15(27)14(20)21/h1-2,7,13-14,30H,3-6,8-9H2,(H,22,27)(H,23,28). The van der Waals surface area contributed by atoms with Crippen molar-refractivity contribution in [2.45, 2.75) is 24.5 Å². The molecule has 1 saturated carbocycles. The van der Waals surface area contributed by atoms with Gasteiger partial charge in [-0.3, -0.25) is 19.7 Å². The fourth-order valence-corrected chi connectivity index (χ4v) is 3.81. The molecular formula is C18H20F3N5O6. The minimum atomic E-state index is -3.17. The number of urea groups is 1. The van der Waals surface area contributed by atoms with Crippen LogP contribution in [0.25, 0.3) is 0 Å². The average Bonchev–Trinajstić information content (AvgIpc) is 3.39. The summed E-state index contributed by atoms with van der Waals surface area (Å²) in [6.07, 6.45) is -3.74. The molecule has 32 heavy (non-hydrogen) atoms. The summed E-state index contributed by atoms with van der Waals surface area (Å²) >= 11 is 0. The third kappa shape index (κ3) is 4.10. The third-order valence-corrected chi connectivity index (χ3v) is 5.56. The zero-order chi connectivity index (χ0) is 23.0. The first-order valence-corrected chi connectivity index (χ1v) is 9.72. The van der Waals surface area contributed by atoms with Gasteiger partial charge in [-0.25, -0.2) is 19.5 Å². The zero-order valence-corrected chi connectivity index (χ0v) is 16.6. The Kier molecular flexibility index (Phi) is 5.73. The van der Waals surface area contributed by atoms with Crippen LogP contribution in [0, 0.1) is 5.82 Å². The molecule has 14 heteroatoms. The van der Waals surface area contributed by atoms with Crippen LogP contribution in [0.3, 0.4) is 0 Å². The Hall–Kier alpha value is -3.26. The fraction of sp³-hybridized carbons (Fsp3) is 0.500. The van der Waals surface area contributed by atoms with Crippen molar-refractivity contribution in [3.8, 4) is 0 Å². The molecule has 11 nitrogen and oxygen atoms in total. The van der Waals surface area contributed by atoms with Crippen molar-refractivity contribution in [2.75, 3.05) is 42.6 Å². The number of alkyl halides is 2. The van der Waals surface area contributed by atoms with Crippen LogP contribution in [0.4, 0.5) is 34.1 Å². The Bertz CT molecular complexity index is 936. The molecule has 2 heterocycles. The van der Waals surface area contributed by atoms with Gasteiger partial charge in [0.25, 0.3) is 5.91 Å². The van der Waals surface area contributed by atoms with Crippen molar-refractivity contribution < 1.29 is 42.3 Å². The molecule has 1 aliphatic carbocycles. The monoisotopic (exact) mass is 459 g/mol. The molecule has 1 aromatic carbocycles. The highest BCUT2D eigenvalue weighted by Crippen LogP contribution is 2.46. The first kappa shape index (κ1) is 22.0. The smallest absolute Gasteiger partial charge is 0.415 e. The van der Waals surface area contributed by atoms with E-state index in [9.17, 15) is 27.6 Å². The van der Waals surface area contributed by atoms with Crippen LogP contribution in [-0.4, -0.2) is 79.2 Å². The molecular weight excluding hydrogens is 439 g/mol. The number of nitrogens with zero attached hydrogens (tertiary/aromatic N) is 3. The summed E-state index contributed by atoms with van der Waals surface area (Å²) in [4.78, 5) is 43.0. The van der Waals surface area contributed by atoms with E-state index in [1.165, 1.54) is 22.5 Å². The molecule has 0 radical (unpaired) electrons. The number of carbonyl (C=O) groups is 3. The van der Waals surface area contributed by atoms with E-state index in [0.29, 0.717) is 0 Å². The Labute approximate surface area is 179 Å². The molecule has 174 valence electrons. The number of hydrogen-bond acceptors (Lipinski definition) is 7. The van der Waals surface area contributed by atoms with Gasteiger partial charge in [-0.1, -0.05) is 0 Å². The highest BCUT2D eigenvalue weighted by molar-refractivity contribution is 5.91. The maximum absolute atomic E-state index is 14.9. The Balaban J connectivity index is 1.42. The van der Waals surface area contributed by atoms with Gasteiger partial charge in [0.15, 0.2) is 5.60 Å². The number of amides is 4. The van der Waals surface area contributed by atoms with E-state index < -0.39 is 41.9 Å². The number of halogens is 3. The van der Waals surface area contributed by atoms with E-state index in [-0.39, 0.29) is 50.6 Å². The van der Waals surface area contributed by atoms with E-state index in [2.05, 4.69) is 5.32 Å². The number of hydrogen-bond donors (Lipinski definition) is 3. The summed E-state index contributed by atoms with van der Waals surface area (Å²) in [7, 11) is 0. The van der Waals surface area contributed by atoms with Gasteiger partial charge in [0.2, 0.25) is 0 Å². The van der Waals surface area contributed by atoms with Gasteiger partial charge in [-0.2, -0.15) is 13.8 Å². The van der Waals surface area contributed by atoms with Gasteiger partial charge in [0.1, 0.15) is 5.82 Å². The molecule has 3 N–H and O–H groups in total. The summed E-state index contributed by atoms with van der Waals surface area (Å²) in [5.41, 5.74) is 0.796. The van der Waals surface area contributed by atoms with Crippen LogP contribution in [0.5, 0.6) is 0 Å². The van der Waals surface area contributed by atoms with Gasteiger partial charge in [-0.05, 0) is 18.2 Å². The maximum Gasteiger partial charge on any atom is 0.415 e. The second-order valence-corrected chi connectivity index (χ2v) is 7.56. The molecule has 1 spiro atoms. The predicted octanol–water partition coefficient (Wildman–Crippen LogP) is 0.827. The van der Waals surface area contributed by atoms with Crippen LogP contribution in [0.2, 0.25) is 0 Å².